The minimum absolute atomic E-state index is 0.112. The molecule has 1 amide bonds. The molecule has 0 aliphatic carbocycles. The van der Waals surface area contributed by atoms with Gasteiger partial charge in [-0.1, -0.05) is 23.7 Å². The third-order valence-corrected chi connectivity index (χ3v) is 5.94. The lowest BCUT2D eigenvalue weighted by molar-refractivity contribution is 0.0751. The Bertz CT molecular complexity index is 910. The molecule has 3 aromatic rings. The largest absolute Gasteiger partial charge is 0.365 e. The van der Waals surface area contributed by atoms with Gasteiger partial charge < -0.3 is 9.80 Å². The molecule has 2 aromatic heterocycles. The topological polar surface area (TPSA) is 41.4 Å². The second-order valence-electron chi connectivity index (χ2n) is 6.32. The first-order chi connectivity index (χ1) is 12.6. The molecule has 7 heteroatoms. The fourth-order valence-electron chi connectivity index (χ4n) is 3.12. The Morgan fingerprint density at radius 3 is 2.46 bits per heavy atom. The van der Waals surface area contributed by atoms with Gasteiger partial charge in [-0.25, -0.2) is 0 Å². The van der Waals surface area contributed by atoms with E-state index in [0.29, 0.717) is 5.02 Å². The summed E-state index contributed by atoms with van der Waals surface area (Å²) in [6.45, 7) is 3.10. The molecule has 1 aromatic carbocycles. The molecule has 1 fully saturated rings. The summed E-state index contributed by atoms with van der Waals surface area (Å²) in [5.41, 5.74) is 2.19. The van der Waals surface area contributed by atoms with E-state index in [2.05, 4.69) is 10.00 Å². The smallest absolute Gasteiger partial charge is 0.264 e. The van der Waals surface area contributed by atoms with Crippen LogP contribution in [0.15, 0.2) is 48.8 Å². The summed E-state index contributed by atoms with van der Waals surface area (Å²) in [6.07, 6.45) is 3.88. The van der Waals surface area contributed by atoms with E-state index in [-0.39, 0.29) is 5.91 Å². The summed E-state index contributed by atoms with van der Waals surface area (Å²) in [7, 11) is 1.92. The molecule has 0 spiro atoms. The number of thiophene rings is 1. The maximum absolute atomic E-state index is 12.8. The maximum Gasteiger partial charge on any atom is 0.264 e. The first-order valence-corrected chi connectivity index (χ1v) is 9.68. The second-order valence-corrected chi connectivity index (χ2v) is 7.84. The Kier molecular flexibility index (Phi) is 4.70. The van der Waals surface area contributed by atoms with E-state index in [4.69, 9.17) is 11.6 Å². The van der Waals surface area contributed by atoms with E-state index in [1.54, 1.807) is 4.68 Å². The van der Waals surface area contributed by atoms with Gasteiger partial charge in [0.2, 0.25) is 0 Å². The van der Waals surface area contributed by atoms with E-state index < -0.39 is 0 Å². The fourth-order valence-corrected chi connectivity index (χ4v) is 4.22. The Balaban J connectivity index is 1.42. The van der Waals surface area contributed by atoms with Crippen LogP contribution in [0, 0.1) is 0 Å². The predicted octanol–water partition coefficient (Wildman–Crippen LogP) is 3.76. The molecule has 3 heterocycles. The minimum atomic E-state index is 0.112. The Morgan fingerprint density at radius 2 is 1.81 bits per heavy atom. The quantitative estimate of drug-likeness (QED) is 0.688. The second kappa shape index (κ2) is 7.13. The van der Waals surface area contributed by atoms with Gasteiger partial charge in [-0.3, -0.25) is 9.48 Å². The van der Waals surface area contributed by atoms with Crippen LogP contribution in [0.25, 0.3) is 10.4 Å². The number of carbonyl (C=O) groups excluding carboxylic acids is 1. The van der Waals surface area contributed by atoms with E-state index in [1.165, 1.54) is 11.3 Å². The zero-order valence-corrected chi connectivity index (χ0v) is 16.0. The van der Waals surface area contributed by atoms with Crippen LogP contribution in [-0.2, 0) is 7.05 Å². The molecule has 0 N–H and O–H groups in total. The number of aromatic nitrogens is 2. The van der Waals surface area contributed by atoms with E-state index in [1.807, 2.05) is 60.7 Å². The van der Waals surface area contributed by atoms with Crippen molar-refractivity contribution < 1.29 is 4.79 Å². The van der Waals surface area contributed by atoms with Gasteiger partial charge in [-0.2, -0.15) is 5.10 Å². The molecule has 26 heavy (non-hydrogen) atoms. The van der Waals surface area contributed by atoms with Crippen molar-refractivity contribution in [3.8, 4) is 10.4 Å². The predicted molar refractivity (Wildman–Crippen MR) is 106 cm³/mol. The number of piperazine rings is 1. The standard InChI is InChI=1S/C19H19ClN4OS/c1-22-13-16(12-21-22)23-8-10-24(11-9-23)19(25)18-7-6-17(26-18)14-2-4-15(20)5-3-14/h2-7,12-13H,8-11H2,1H3. The lowest BCUT2D eigenvalue weighted by atomic mass is 10.2. The number of nitrogens with zero attached hydrogens (tertiary/aromatic N) is 4. The van der Waals surface area contributed by atoms with Crippen molar-refractivity contribution in [3.63, 3.8) is 0 Å². The molecule has 1 aliphatic heterocycles. The Labute approximate surface area is 161 Å². The van der Waals surface area contributed by atoms with Crippen molar-refractivity contribution >= 4 is 34.5 Å². The van der Waals surface area contributed by atoms with Crippen LogP contribution in [0.5, 0.6) is 0 Å². The molecule has 0 atom stereocenters. The summed E-state index contributed by atoms with van der Waals surface area (Å²) < 4.78 is 1.80. The summed E-state index contributed by atoms with van der Waals surface area (Å²) >= 11 is 7.48. The van der Waals surface area contributed by atoms with E-state index >= 15 is 0 Å². The van der Waals surface area contributed by atoms with Gasteiger partial charge in [0, 0.05) is 49.3 Å². The number of amides is 1. The van der Waals surface area contributed by atoms with Gasteiger partial charge in [0.1, 0.15) is 0 Å². The van der Waals surface area contributed by atoms with Crippen LogP contribution >= 0.6 is 22.9 Å². The molecule has 4 rings (SSSR count). The third-order valence-electron chi connectivity index (χ3n) is 4.57. The lowest BCUT2D eigenvalue weighted by Crippen LogP contribution is -2.48. The average Bonchev–Trinajstić information content (AvgIpc) is 3.31. The Hall–Kier alpha value is -2.31. The average molecular weight is 387 g/mol. The molecule has 0 saturated carbocycles. The van der Waals surface area contributed by atoms with E-state index in [0.717, 1.165) is 47.2 Å². The van der Waals surface area contributed by atoms with Crippen LogP contribution in [0.4, 0.5) is 5.69 Å². The number of rotatable bonds is 3. The SMILES string of the molecule is Cn1cc(N2CCN(C(=O)c3ccc(-c4ccc(Cl)cc4)s3)CC2)cn1. The van der Waals surface area contributed by atoms with Gasteiger partial charge in [0.15, 0.2) is 0 Å². The highest BCUT2D eigenvalue weighted by molar-refractivity contribution is 7.17. The third kappa shape index (κ3) is 3.48. The molecule has 0 bridgehead atoms. The molecule has 5 nitrogen and oxygen atoms in total. The first-order valence-electron chi connectivity index (χ1n) is 8.49. The molecule has 1 saturated heterocycles. The first kappa shape index (κ1) is 17.1. The van der Waals surface area contributed by atoms with Crippen LogP contribution < -0.4 is 4.90 Å². The number of hydrogen-bond acceptors (Lipinski definition) is 4. The molecule has 0 unspecified atom stereocenters. The van der Waals surface area contributed by atoms with Gasteiger partial charge in [0.25, 0.3) is 5.91 Å². The van der Waals surface area contributed by atoms with Crippen molar-refractivity contribution in [1.29, 1.82) is 0 Å². The van der Waals surface area contributed by atoms with E-state index in [9.17, 15) is 4.79 Å². The van der Waals surface area contributed by atoms with Gasteiger partial charge in [-0.15, -0.1) is 11.3 Å². The molecule has 0 radical (unpaired) electrons. The lowest BCUT2D eigenvalue weighted by Gasteiger charge is -2.35. The highest BCUT2D eigenvalue weighted by atomic mass is 35.5. The molecular weight excluding hydrogens is 368 g/mol. The zero-order valence-electron chi connectivity index (χ0n) is 14.4. The monoisotopic (exact) mass is 386 g/mol. The van der Waals surface area contributed by atoms with Gasteiger partial charge in [-0.05, 0) is 29.8 Å². The number of carbonyl (C=O) groups is 1. The molecular formula is C19H19ClN4OS. The number of aryl methyl sites for hydroxylation is 1. The van der Waals surface area contributed by atoms with Gasteiger partial charge >= 0.3 is 0 Å². The number of benzene rings is 1. The van der Waals surface area contributed by atoms with Crippen molar-refractivity contribution in [3.05, 3.63) is 58.7 Å². The fraction of sp³-hybridized carbons (Fsp3) is 0.263. The van der Waals surface area contributed by atoms with Crippen molar-refractivity contribution in [1.82, 2.24) is 14.7 Å². The zero-order chi connectivity index (χ0) is 18.1. The molecule has 134 valence electrons. The van der Waals surface area contributed by atoms with Crippen molar-refractivity contribution in [2.75, 3.05) is 31.1 Å². The molecule has 1 aliphatic rings. The highest BCUT2D eigenvalue weighted by Gasteiger charge is 2.24. The van der Waals surface area contributed by atoms with Crippen LogP contribution in [0.3, 0.4) is 0 Å². The number of hydrogen-bond donors (Lipinski definition) is 0. The normalized spacial score (nSPS) is 14.7. The summed E-state index contributed by atoms with van der Waals surface area (Å²) in [5, 5.41) is 4.93. The van der Waals surface area contributed by atoms with Gasteiger partial charge in [0.05, 0.1) is 16.8 Å². The number of anilines is 1. The van der Waals surface area contributed by atoms with Crippen molar-refractivity contribution in [2.45, 2.75) is 0 Å². The van der Waals surface area contributed by atoms with Crippen LogP contribution in [0.2, 0.25) is 5.02 Å². The van der Waals surface area contributed by atoms with Crippen LogP contribution in [0.1, 0.15) is 9.67 Å². The highest BCUT2D eigenvalue weighted by Crippen LogP contribution is 2.30. The maximum atomic E-state index is 12.8. The minimum Gasteiger partial charge on any atom is -0.365 e. The summed E-state index contributed by atoms with van der Waals surface area (Å²) in [6, 6.07) is 11.6. The van der Waals surface area contributed by atoms with Crippen LogP contribution in [-0.4, -0.2) is 46.8 Å². The summed E-state index contributed by atoms with van der Waals surface area (Å²) in [5.74, 6) is 0.112. The summed E-state index contributed by atoms with van der Waals surface area (Å²) in [4.78, 5) is 18.9. The van der Waals surface area contributed by atoms with Crippen molar-refractivity contribution in [2.24, 2.45) is 7.05 Å². The Morgan fingerprint density at radius 1 is 1.08 bits per heavy atom. The number of halogens is 1.